The number of pyridine rings is 1. The molecule has 0 radical (unpaired) electrons. The summed E-state index contributed by atoms with van der Waals surface area (Å²) in [5.74, 6) is -1.26. The summed E-state index contributed by atoms with van der Waals surface area (Å²) in [5, 5.41) is 31.9. The van der Waals surface area contributed by atoms with Crippen molar-refractivity contribution in [3.63, 3.8) is 0 Å². The standard InChI is InChI=1S/C24H31FN4O3/c1-14(2)21(26)20-19(29-11-9-15(10-12-29)24(3,4)32)13-18(23(30)31)28-22(20)27-17-7-5-16(25)6-8-17/h5-8,13-15,26,32H,9-12H2,1-4H3,(H,27,28)(H,30,31). The van der Waals surface area contributed by atoms with Crippen molar-refractivity contribution in [3.05, 3.63) is 47.4 Å². The normalized spacial score (nSPS) is 15.2. The Labute approximate surface area is 187 Å². The van der Waals surface area contributed by atoms with Gasteiger partial charge in [-0.15, -0.1) is 0 Å². The van der Waals surface area contributed by atoms with E-state index < -0.39 is 11.6 Å². The lowest BCUT2D eigenvalue weighted by Gasteiger charge is -2.39. The van der Waals surface area contributed by atoms with E-state index in [9.17, 15) is 19.4 Å². The molecule has 8 heteroatoms. The van der Waals surface area contributed by atoms with Crippen LogP contribution in [0.1, 0.15) is 56.6 Å². The molecule has 0 bridgehead atoms. The number of benzene rings is 1. The fourth-order valence-corrected chi connectivity index (χ4v) is 4.03. The molecule has 1 fully saturated rings. The SMILES string of the molecule is CC(C)C(=N)c1c(N2CCC(C(C)(C)O)CC2)cc(C(=O)O)nc1Nc1ccc(F)cc1. The number of aliphatic hydroxyl groups is 1. The number of hydrogen-bond donors (Lipinski definition) is 4. The first kappa shape index (κ1) is 23.7. The van der Waals surface area contributed by atoms with Crippen LogP contribution in [0, 0.1) is 23.1 Å². The van der Waals surface area contributed by atoms with E-state index in [-0.39, 0.29) is 29.2 Å². The molecular weight excluding hydrogens is 411 g/mol. The van der Waals surface area contributed by atoms with E-state index >= 15 is 0 Å². The number of carboxylic acid groups (broad SMARTS) is 1. The quantitative estimate of drug-likeness (QED) is 0.464. The van der Waals surface area contributed by atoms with Crippen molar-refractivity contribution in [2.24, 2.45) is 11.8 Å². The average molecular weight is 443 g/mol. The Hall–Kier alpha value is -3.00. The smallest absolute Gasteiger partial charge is 0.354 e. The van der Waals surface area contributed by atoms with Crippen LogP contribution < -0.4 is 10.2 Å². The van der Waals surface area contributed by atoms with Crippen LogP contribution in [-0.2, 0) is 0 Å². The zero-order chi connectivity index (χ0) is 23.6. The number of nitrogens with zero attached hydrogens (tertiary/aromatic N) is 2. The summed E-state index contributed by atoms with van der Waals surface area (Å²) in [5.41, 5.74) is 1.14. The Kier molecular flexibility index (Phi) is 6.83. The molecule has 3 rings (SSSR count). The summed E-state index contributed by atoms with van der Waals surface area (Å²) in [7, 11) is 0. The minimum Gasteiger partial charge on any atom is -0.477 e. The molecule has 32 heavy (non-hydrogen) atoms. The van der Waals surface area contributed by atoms with Gasteiger partial charge in [0.15, 0.2) is 5.69 Å². The summed E-state index contributed by atoms with van der Waals surface area (Å²) < 4.78 is 13.4. The summed E-state index contributed by atoms with van der Waals surface area (Å²) in [6, 6.07) is 7.22. The first-order valence-corrected chi connectivity index (χ1v) is 10.8. The molecule has 1 aliphatic rings. The van der Waals surface area contributed by atoms with Gasteiger partial charge in [-0.05, 0) is 68.9 Å². The Bertz CT molecular complexity index is 992. The Balaban J connectivity index is 2.08. The largest absolute Gasteiger partial charge is 0.477 e. The highest BCUT2D eigenvalue weighted by molar-refractivity contribution is 6.09. The van der Waals surface area contributed by atoms with E-state index in [0.717, 1.165) is 12.8 Å². The first-order chi connectivity index (χ1) is 15.0. The highest BCUT2D eigenvalue weighted by atomic mass is 19.1. The van der Waals surface area contributed by atoms with Crippen LogP contribution in [0.3, 0.4) is 0 Å². The molecule has 0 unspecified atom stereocenters. The maximum absolute atomic E-state index is 13.4. The monoisotopic (exact) mass is 442 g/mol. The van der Waals surface area contributed by atoms with Crippen LogP contribution in [0.2, 0.25) is 0 Å². The molecule has 0 atom stereocenters. The second-order valence-corrected chi connectivity index (χ2v) is 9.17. The third-order valence-corrected chi connectivity index (χ3v) is 6.01. The minimum atomic E-state index is -1.16. The third kappa shape index (κ3) is 5.24. The van der Waals surface area contributed by atoms with Crippen molar-refractivity contribution in [2.75, 3.05) is 23.3 Å². The molecule has 7 nitrogen and oxygen atoms in total. The molecule has 1 aromatic carbocycles. The van der Waals surface area contributed by atoms with Crippen molar-refractivity contribution in [3.8, 4) is 0 Å². The highest BCUT2D eigenvalue weighted by Crippen LogP contribution is 2.36. The molecule has 2 heterocycles. The molecule has 4 N–H and O–H groups in total. The van der Waals surface area contributed by atoms with Gasteiger partial charge in [-0.1, -0.05) is 13.8 Å². The fourth-order valence-electron chi connectivity index (χ4n) is 4.03. The van der Waals surface area contributed by atoms with Crippen molar-refractivity contribution >= 4 is 28.9 Å². The van der Waals surface area contributed by atoms with Gasteiger partial charge < -0.3 is 25.8 Å². The van der Waals surface area contributed by atoms with E-state index in [4.69, 9.17) is 5.41 Å². The number of piperidine rings is 1. The summed E-state index contributed by atoms with van der Waals surface area (Å²) >= 11 is 0. The van der Waals surface area contributed by atoms with Gasteiger partial charge in [0.25, 0.3) is 0 Å². The Morgan fingerprint density at radius 1 is 1.25 bits per heavy atom. The third-order valence-electron chi connectivity index (χ3n) is 6.01. The maximum atomic E-state index is 13.4. The number of rotatable bonds is 7. The van der Waals surface area contributed by atoms with E-state index in [1.54, 1.807) is 12.1 Å². The van der Waals surface area contributed by atoms with Crippen LogP contribution in [-0.4, -0.2) is 45.6 Å². The molecule has 0 amide bonds. The van der Waals surface area contributed by atoms with E-state index in [1.165, 1.54) is 18.2 Å². The molecule has 1 aromatic heterocycles. The van der Waals surface area contributed by atoms with Crippen LogP contribution >= 0.6 is 0 Å². The van der Waals surface area contributed by atoms with Gasteiger partial charge in [0.1, 0.15) is 11.6 Å². The number of carbonyl (C=O) groups is 1. The fraction of sp³-hybridized carbons (Fsp3) is 0.458. The van der Waals surface area contributed by atoms with Gasteiger partial charge in [0, 0.05) is 24.5 Å². The Morgan fingerprint density at radius 3 is 2.34 bits per heavy atom. The summed E-state index contributed by atoms with van der Waals surface area (Å²) in [6.45, 7) is 8.69. The second-order valence-electron chi connectivity index (χ2n) is 9.17. The van der Waals surface area contributed by atoms with E-state index in [2.05, 4.69) is 15.2 Å². The predicted octanol–water partition coefficient (Wildman–Crippen LogP) is 4.67. The summed E-state index contributed by atoms with van der Waals surface area (Å²) in [6.07, 6.45) is 1.51. The molecule has 1 aliphatic heterocycles. The van der Waals surface area contributed by atoms with Gasteiger partial charge in [0.05, 0.1) is 16.9 Å². The van der Waals surface area contributed by atoms with Crippen LogP contribution in [0.15, 0.2) is 30.3 Å². The maximum Gasteiger partial charge on any atom is 0.354 e. The van der Waals surface area contributed by atoms with Gasteiger partial charge in [0.2, 0.25) is 0 Å². The minimum absolute atomic E-state index is 0.117. The van der Waals surface area contributed by atoms with Crippen molar-refractivity contribution in [2.45, 2.75) is 46.1 Å². The van der Waals surface area contributed by atoms with E-state index in [0.29, 0.717) is 35.7 Å². The van der Waals surface area contributed by atoms with Crippen molar-refractivity contribution in [1.29, 1.82) is 5.41 Å². The van der Waals surface area contributed by atoms with Crippen LogP contribution in [0.5, 0.6) is 0 Å². The van der Waals surface area contributed by atoms with E-state index in [1.807, 2.05) is 27.7 Å². The van der Waals surface area contributed by atoms with Gasteiger partial charge in [-0.3, -0.25) is 0 Å². The topological polar surface area (TPSA) is 110 Å². The van der Waals surface area contributed by atoms with Gasteiger partial charge in [-0.25, -0.2) is 14.2 Å². The molecule has 172 valence electrons. The number of nitrogens with one attached hydrogen (secondary N) is 2. The molecule has 0 saturated carbocycles. The number of carboxylic acids is 1. The molecule has 2 aromatic rings. The predicted molar refractivity (Wildman–Crippen MR) is 124 cm³/mol. The van der Waals surface area contributed by atoms with Crippen LogP contribution in [0.25, 0.3) is 0 Å². The molecule has 0 spiro atoms. The lowest BCUT2D eigenvalue weighted by atomic mass is 9.83. The van der Waals surface area contributed by atoms with Crippen molar-refractivity contribution < 1.29 is 19.4 Å². The summed E-state index contributed by atoms with van der Waals surface area (Å²) in [4.78, 5) is 18.2. The first-order valence-electron chi connectivity index (χ1n) is 10.8. The Morgan fingerprint density at radius 2 is 1.84 bits per heavy atom. The van der Waals surface area contributed by atoms with Crippen LogP contribution in [0.4, 0.5) is 21.6 Å². The average Bonchev–Trinajstić information content (AvgIpc) is 2.73. The van der Waals surface area contributed by atoms with Gasteiger partial charge in [-0.2, -0.15) is 0 Å². The highest BCUT2D eigenvalue weighted by Gasteiger charge is 2.32. The lowest BCUT2D eigenvalue weighted by Crippen LogP contribution is -2.42. The number of halogens is 1. The van der Waals surface area contributed by atoms with Gasteiger partial charge >= 0.3 is 5.97 Å². The molecule has 1 saturated heterocycles. The number of aromatic nitrogens is 1. The number of hydrogen-bond acceptors (Lipinski definition) is 6. The number of aromatic carboxylic acids is 1. The zero-order valence-electron chi connectivity index (χ0n) is 18.9. The molecular formula is C24H31FN4O3. The number of anilines is 3. The molecule has 0 aliphatic carbocycles. The van der Waals surface area contributed by atoms with Crippen molar-refractivity contribution in [1.82, 2.24) is 4.98 Å². The zero-order valence-corrected chi connectivity index (χ0v) is 18.9. The lowest BCUT2D eigenvalue weighted by molar-refractivity contribution is 0.00651. The second kappa shape index (κ2) is 9.24.